The largest absolute Gasteiger partial charge is 0.341 e. The van der Waals surface area contributed by atoms with Crippen molar-refractivity contribution < 1.29 is 4.39 Å². The predicted molar refractivity (Wildman–Crippen MR) is 40.5 cm³/mol. The molecule has 4 nitrogen and oxygen atoms in total. The average Bonchev–Trinajstić information content (AvgIpc) is 2.37. The molecule has 0 saturated carbocycles. The van der Waals surface area contributed by atoms with Crippen molar-refractivity contribution in [1.82, 2.24) is 15.2 Å². The van der Waals surface area contributed by atoms with Crippen LogP contribution in [0, 0.1) is 0 Å². The van der Waals surface area contributed by atoms with Crippen LogP contribution in [-0.2, 0) is 0 Å². The van der Waals surface area contributed by atoms with Crippen LogP contribution >= 0.6 is 11.8 Å². The Morgan fingerprint density at radius 2 is 2.45 bits per heavy atom. The minimum Gasteiger partial charge on any atom is -0.284 e. The predicted octanol–water partition coefficient (Wildman–Crippen LogP) is 0.550. The molecule has 0 aromatic carbocycles. The van der Waals surface area contributed by atoms with Gasteiger partial charge in [0.05, 0.1) is 6.67 Å². The van der Waals surface area contributed by atoms with Gasteiger partial charge in [0.25, 0.3) is 0 Å². The van der Waals surface area contributed by atoms with Crippen molar-refractivity contribution in [3.8, 4) is 0 Å². The molecule has 0 fully saturated rings. The molecule has 1 heterocycles. The number of hydrogen-bond donors (Lipinski definition) is 2. The maximum atomic E-state index is 11.6. The highest BCUT2D eigenvalue weighted by Gasteiger charge is 1.96. The number of thioether (sulfide) groups is 1. The number of hydrogen-bond acceptors (Lipinski definition) is 3. The Hall–Kier alpha value is -0.780. The number of nitrogens with one attached hydrogen (secondary N) is 2. The molecular formula is C5H8FN3OS. The number of halogens is 1. The number of rotatable bonds is 4. The third-order valence-electron chi connectivity index (χ3n) is 0.996. The molecule has 0 aliphatic heterocycles. The average molecular weight is 177 g/mol. The summed E-state index contributed by atoms with van der Waals surface area (Å²) in [6.07, 6.45) is 0.486. The fourth-order valence-electron chi connectivity index (χ4n) is 0.546. The topological polar surface area (TPSA) is 61.5 Å². The first-order valence-corrected chi connectivity index (χ1v) is 4.15. The highest BCUT2D eigenvalue weighted by atomic mass is 32.2. The van der Waals surface area contributed by atoms with E-state index in [9.17, 15) is 9.18 Å². The summed E-state index contributed by atoms with van der Waals surface area (Å²) in [6.45, 7) is -0.332. The molecule has 11 heavy (non-hydrogen) atoms. The molecule has 0 aliphatic carbocycles. The monoisotopic (exact) mass is 177 g/mol. The SMILES string of the molecule is O=c1[nH]nc(SCCCF)[nH]1. The van der Waals surface area contributed by atoms with E-state index < -0.39 is 0 Å². The van der Waals surface area contributed by atoms with Gasteiger partial charge in [0.2, 0.25) is 0 Å². The lowest BCUT2D eigenvalue weighted by Gasteiger charge is -1.90. The molecule has 0 atom stereocenters. The molecule has 62 valence electrons. The van der Waals surface area contributed by atoms with Crippen molar-refractivity contribution >= 4 is 11.8 Å². The third kappa shape index (κ3) is 2.75. The second-order valence-electron chi connectivity index (χ2n) is 1.87. The van der Waals surface area contributed by atoms with E-state index >= 15 is 0 Å². The van der Waals surface area contributed by atoms with E-state index in [-0.39, 0.29) is 12.4 Å². The third-order valence-corrected chi connectivity index (χ3v) is 1.96. The van der Waals surface area contributed by atoms with Gasteiger partial charge in [0.1, 0.15) is 0 Å². The first-order chi connectivity index (χ1) is 5.33. The standard InChI is InChI=1S/C5H8FN3OS/c6-2-1-3-11-5-7-4(10)8-9-5/h1-3H2,(H2,7,8,9,10). The summed E-state index contributed by atoms with van der Waals surface area (Å²) in [7, 11) is 0. The van der Waals surface area contributed by atoms with Gasteiger partial charge in [-0.2, -0.15) is 0 Å². The molecule has 0 amide bonds. The van der Waals surface area contributed by atoms with E-state index in [4.69, 9.17) is 0 Å². The Morgan fingerprint density at radius 1 is 1.64 bits per heavy atom. The smallest absolute Gasteiger partial charge is 0.284 e. The van der Waals surface area contributed by atoms with Gasteiger partial charge >= 0.3 is 5.69 Å². The van der Waals surface area contributed by atoms with E-state index in [0.29, 0.717) is 17.3 Å². The number of aromatic amines is 2. The molecular weight excluding hydrogens is 169 g/mol. The zero-order chi connectivity index (χ0) is 8.10. The van der Waals surface area contributed by atoms with Crippen molar-refractivity contribution in [2.75, 3.05) is 12.4 Å². The molecule has 6 heteroatoms. The van der Waals surface area contributed by atoms with Crippen molar-refractivity contribution in [1.29, 1.82) is 0 Å². The van der Waals surface area contributed by atoms with Crippen LogP contribution in [0.4, 0.5) is 4.39 Å². The quantitative estimate of drug-likeness (QED) is 0.521. The molecule has 0 aliphatic rings. The number of alkyl halides is 1. The van der Waals surface area contributed by atoms with Gasteiger partial charge in [0.15, 0.2) is 5.16 Å². The summed E-state index contributed by atoms with van der Waals surface area (Å²) < 4.78 is 11.6. The van der Waals surface area contributed by atoms with Crippen LogP contribution in [0.1, 0.15) is 6.42 Å². The van der Waals surface area contributed by atoms with E-state index in [0.717, 1.165) is 0 Å². The van der Waals surface area contributed by atoms with Crippen LogP contribution in [0.3, 0.4) is 0 Å². The van der Waals surface area contributed by atoms with Crippen LogP contribution in [0.5, 0.6) is 0 Å². The summed E-state index contributed by atoms with van der Waals surface area (Å²) in [5.74, 6) is 0.636. The first-order valence-electron chi connectivity index (χ1n) is 3.16. The maximum Gasteiger partial charge on any atom is 0.341 e. The lowest BCUT2D eigenvalue weighted by atomic mass is 10.6. The van der Waals surface area contributed by atoms with E-state index in [1.165, 1.54) is 11.8 Å². The van der Waals surface area contributed by atoms with Gasteiger partial charge in [0, 0.05) is 5.75 Å². The molecule has 0 saturated heterocycles. The van der Waals surface area contributed by atoms with Crippen LogP contribution in [0.15, 0.2) is 9.95 Å². The van der Waals surface area contributed by atoms with E-state index in [1.807, 2.05) is 0 Å². The number of nitrogens with zero attached hydrogens (tertiary/aromatic N) is 1. The summed E-state index contributed by atoms with van der Waals surface area (Å²) >= 11 is 1.33. The van der Waals surface area contributed by atoms with E-state index in [1.54, 1.807) is 0 Å². The zero-order valence-electron chi connectivity index (χ0n) is 5.76. The van der Waals surface area contributed by atoms with Gasteiger partial charge in [-0.05, 0) is 6.42 Å². The number of H-pyrrole nitrogens is 2. The maximum absolute atomic E-state index is 11.6. The lowest BCUT2D eigenvalue weighted by molar-refractivity contribution is 0.489. The minimum absolute atomic E-state index is 0.326. The molecule has 1 aromatic rings. The molecule has 0 unspecified atom stereocenters. The van der Waals surface area contributed by atoms with Gasteiger partial charge < -0.3 is 0 Å². The fourth-order valence-corrected chi connectivity index (χ4v) is 1.27. The molecule has 0 spiro atoms. The highest BCUT2D eigenvalue weighted by Crippen LogP contribution is 2.10. The summed E-state index contributed by atoms with van der Waals surface area (Å²) in [4.78, 5) is 12.9. The van der Waals surface area contributed by atoms with Crippen molar-refractivity contribution in [2.24, 2.45) is 0 Å². The Morgan fingerprint density at radius 3 is 3.00 bits per heavy atom. The highest BCUT2D eigenvalue weighted by molar-refractivity contribution is 7.99. The summed E-state index contributed by atoms with van der Waals surface area (Å²) in [6, 6.07) is 0. The van der Waals surface area contributed by atoms with Gasteiger partial charge in [-0.25, -0.2) is 9.89 Å². The molecule has 1 aromatic heterocycles. The van der Waals surface area contributed by atoms with Crippen molar-refractivity contribution in [3.05, 3.63) is 10.5 Å². The minimum atomic E-state index is -0.332. The van der Waals surface area contributed by atoms with Crippen LogP contribution in [0.25, 0.3) is 0 Å². The number of aromatic nitrogens is 3. The normalized spacial score (nSPS) is 10.3. The van der Waals surface area contributed by atoms with Gasteiger partial charge in [-0.1, -0.05) is 11.8 Å². The Kier molecular flexibility index (Phi) is 3.15. The first kappa shape index (κ1) is 8.32. The van der Waals surface area contributed by atoms with Crippen LogP contribution in [-0.4, -0.2) is 27.6 Å². The van der Waals surface area contributed by atoms with Crippen molar-refractivity contribution in [3.63, 3.8) is 0 Å². The summed E-state index contributed by atoms with van der Waals surface area (Å²) in [5, 5.41) is 6.37. The van der Waals surface area contributed by atoms with Crippen molar-refractivity contribution in [2.45, 2.75) is 11.6 Å². The second kappa shape index (κ2) is 4.17. The molecule has 1 rings (SSSR count). The second-order valence-corrected chi connectivity index (χ2v) is 2.96. The Balaban J connectivity index is 2.33. The van der Waals surface area contributed by atoms with Crippen LogP contribution in [0.2, 0.25) is 0 Å². The summed E-state index contributed by atoms with van der Waals surface area (Å²) in [5.41, 5.74) is -0.326. The zero-order valence-corrected chi connectivity index (χ0v) is 6.58. The van der Waals surface area contributed by atoms with E-state index in [2.05, 4.69) is 15.2 Å². The Bertz CT molecular complexity index is 258. The lowest BCUT2D eigenvalue weighted by Crippen LogP contribution is -2.00. The fraction of sp³-hybridized carbons (Fsp3) is 0.600. The molecule has 0 radical (unpaired) electrons. The Labute approximate surface area is 66.6 Å². The van der Waals surface area contributed by atoms with Gasteiger partial charge in [-0.15, -0.1) is 5.10 Å². The van der Waals surface area contributed by atoms with Gasteiger partial charge in [-0.3, -0.25) is 9.37 Å². The van der Waals surface area contributed by atoms with Crippen LogP contribution < -0.4 is 5.69 Å². The molecule has 0 bridgehead atoms. The molecule has 2 N–H and O–H groups in total.